The third kappa shape index (κ3) is 4.18. The van der Waals surface area contributed by atoms with E-state index in [4.69, 9.17) is 4.74 Å². The van der Waals surface area contributed by atoms with Gasteiger partial charge in [0, 0.05) is 0 Å². The Morgan fingerprint density at radius 2 is 1.75 bits per heavy atom. The lowest BCUT2D eigenvalue weighted by Crippen LogP contribution is -1.91. The summed E-state index contributed by atoms with van der Waals surface area (Å²) in [5.74, 6) is 1.70. The predicted octanol–water partition coefficient (Wildman–Crippen LogP) is 4.41. The first-order valence-corrected chi connectivity index (χ1v) is 5.46. The number of hydrogen-bond acceptors (Lipinski definition) is 1. The van der Waals surface area contributed by atoms with Gasteiger partial charge in [-0.15, -0.1) is 0 Å². The molecular formula is C15H18O. The van der Waals surface area contributed by atoms with Gasteiger partial charge in [0.1, 0.15) is 11.5 Å². The molecule has 0 aliphatic rings. The fraction of sp³-hybridized carbons (Fsp3) is 0.200. The zero-order chi connectivity index (χ0) is 11.8. The average molecular weight is 214 g/mol. The van der Waals surface area contributed by atoms with E-state index in [0.717, 1.165) is 11.5 Å². The van der Waals surface area contributed by atoms with Crippen LogP contribution in [0.15, 0.2) is 60.4 Å². The molecule has 1 heteroatoms. The van der Waals surface area contributed by atoms with E-state index in [1.165, 1.54) is 5.56 Å². The van der Waals surface area contributed by atoms with Crippen molar-refractivity contribution in [3.05, 3.63) is 66.0 Å². The third-order valence-corrected chi connectivity index (χ3v) is 2.04. The number of allylic oxidation sites excluding steroid dienone is 5. The van der Waals surface area contributed by atoms with E-state index in [-0.39, 0.29) is 0 Å². The van der Waals surface area contributed by atoms with Crippen LogP contribution < -0.4 is 4.74 Å². The first-order valence-electron chi connectivity index (χ1n) is 5.46. The Morgan fingerprint density at radius 3 is 2.31 bits per heavy atom. The Morgan fingerprint density at radius 1 is 1.06 bits per heavy atom. The molecule has 1 aromatic carbocycles. The van der Waals surface area contributed by atoms with Gasteiger partial charge in [-0.3, -0.25) is 0 Å². The van der Waals surface area contributed by atoms with E-state index in [2.05, 4.69) is 6.92 Å². The topological polar surface area (TPSA) is 9.23 Å². The lowest BCUT2D eigenvalue weighted by molar-refractivity contribution is 0.444. The highest BCUT2D eigenvalue weighted by Gasteiger charge is 1.95. The maximum absolute atomic E-state index is 5.74. The molecule has 0 aromatic heterocycles. The molecular weight excluding hydrogens is 196 g/mol. The lowest BCUT2D eigenvalue weighted by Gasteiger charge is -2.06. The Hall–Kier alpha value is -1.76. The number of hydrogen-bond donors (Lipinski definition) is 0. The largest absolute Gasteiger partial charge is 0.457 e. The van der Waals surface area contributed by atoms with Crippen LogP contribution in [0.2, 0.25) is 0 Å². The van der Waals surface area contributed by atoms with Crippen LogP contribution in [-0.2, 0) is 0 Å². The molecule has 0 spiro atoms. The molecule has 0 fully saturated rings. The minimum atomic E-state index is 0.837. The zero-order valence-corrected chi connectivity index (χ0v) is 10.1. The summed E-state index contributed by atoms with van der Waals surface area (Å²) in [5.41, 5.74) is 1.23. The highest BCUT2D eigenvalue weighted by atomic mass is 16.5. The molecule has 0 saturated heterocycles. The molecule has 1 aromatic rings. The number of ether oxygens (including phenoxy) is 1. The van der Waals surface area contributed by atoms with Gasteiger partial charge in [0.15, 0.2) is 0 Å². The van der Waals surface area contributed by atoms with Gasteiger partial charge >= 0.3 is 0 Å². The van der Waals surface area contributed by atoms with Gasteiger partial charge in [0.05, 0.1) is 0 Å². The van der Waals surface area contributed by atoms with Crippen LogP contribution in [0.3, 0.4) is 0 Å². The van der Waals surface area contributed by atoms with E-state index < -0.39 is 0 Å². The Kier molecular flexibility index (Phi) is 5.13. The highest BCUT2D eigenvalue weighted by Crippen LogP contribution is 2.15. The molecule has 0 bridgehead atoms. The van der Waals surface area contributed by atoms with Crippen LogP contribution in [-0.4, -0.2) is 0 Å². The van der Waals surface area contributed by atoms with Crippen molar-refractivity contribution in [2.75, 3.05) is 0 Å². The van der Waals surface area contributed by atoms with Gasteiger partial charge in [-0.2, -0.15) is 0 Å². The first-order chi connectivity index (χ1) is 7.76. The fourth-order valence-corrected chi connectivity index (χ4v) is 1.22. The van der Waals surface area contributed by atoms with E-state index in [1.807, 2.05) is 68.5 Å². The van der Waals surface area contributed by atoms with E-state index in [1.54, 1.807) is 0 Å². The fourth-order valence-electron chi connectivity index (χ4n) is 1.22. The van der Waals surface area contributed by atoms with Crippen molar-refractivity contribution in [3.63, 3.8) is 0 Å². The minimum absolute atomic E-state index is 0.837. The highest BCUT2D eigenvalue weighted by molar-refractivity contribution is 5.30. The second kappa shape index (κ2) is 6.67. The van der Waals surface area contributed by atoms with Crippen molar-refractivity contribution in [1.29, 1.82) is 0 Å². The van der Waals surface area contributed by atoms with Crippen molar-refractivity contribution in [2.24, 2.45) is 0 Å². The second-order valence-electron chi connectivity index (χ2n) is 3.51. The number of rotatable bonds is 4. The van der Waals surface area contributed by atoms with Crippen molar-refractivity contribution in [2.45, 2.75) is 20.8 Å². The van der Waals surface area contributed by atoms with Gasteiger partial charge in [0.2, 0.25) is 0 Å². The summed E-state index contributed by atoms with van der Waals surface area (Å²) in [6, 6.07) is 8.03. The molecule has 16 heavy (non-hydrogen) atoms. The lowest BCUT2D eigenvalue weighted by atomic mass is 10.2. The van der Waals surface area contributed by atoms with Gasteiger partial charge in [-0.1, -0.05) is 35.9 Å². The summed E-state index contributed by atoms with van der Waals surface area (Å²) in [5, 5.41) is 0. The molecule has 0 radical (unpaired) electrons. The van der Waals surface area contributed by atoms with Crippen LogP contribution in [0.25, 0.3) is 0 Å². The molecule has 0 unspecified atom stereocenters. The van der Waals surface area contributed by atoms with E-state index in [0.29, 0.717) is 0 Å². The summed E-state index contributed by atoms with van der Waals surface area (Å²) in [6.07, 6.45) is 9.79. The first kappa shape index (κ1) is 12.3. The number of benzene rings is 1. The van der Waals surface area contributed by atoms with Gasteiger partial charge < -0.3 is 4.74 Å². The number of aryl methyl sites for hydroxylation is 1. The minimum Gasteiger partial charge on any atom is -0.457 e. The second-order valence-corrected chi connectivity index (χ2v) is 3.51. The summed E-state index contributed by atoms with van der Waals surface area (Å²) in [6.45, 7) is 6.02. The van der Waals surface area contributed by atoms with Crippen LogP contribution >= 0.6 is 0 Å². The van der Waals surface area contributed by atoms with Crippen LogP contribution in [0, 0.1) is 6.92 Å². The summed E-state index contributed by atoms with van der Waals surface area (Å²) in [4.78, 5) is 0. The van der Waals surface area contributed by atoms with Gasteiger partial charge in [-0.25, -0.2) is 0 Å². The zero-order valence-electron chi connectivity index (χ0n) is 10.1. The molecule has 0 aliphatic heterocycles. The quantitative estimate of drug-likeness (QED) is 0.533. The predicted molar refractivity (Wildman–Crippen MR) is 69.5 cm³/mol. The molecule has 0 aliphatic carbocycles. The van der Waals surface area contributed by atoms with E-state index in [9.17, 15) is 0 Å². The molecule has 1 rings (SSSR count). The summed E-state index contributed by atoms with van der Waals surface area (Å²) in [7, 11) is 0. The van der Waals surface area contributed by atoms with Crippen molar-refractivity contribution in [1.82, 2.24) is 0 Å². The van der Waals surface area contributed by atoms with Crippen LogP contribution in [0.4, 0.5) is 0 Å². The van der Waals surface area contributed by atoms with Crippen LogP contribution in [0.1, 0.15) is 19.4 Å². The maximum Gasteiger partial charge on any atom is 0.127 e. The van der Waals surface area contributed by atoms with Crippen molar-refractivity contribution >= 4 is 0 Å². The smallest absolute Gasteiger partial charge is 0.127 e. The van der Waals surface area contributed by atoms with Crippen molar-refractivity contribution in [3.8, 4) is 5.75 Å². The van der Waals surface area contributed by atoms with Crippen molar-refractivity contribution < 1.29 is 4.74 Å². The standard InChI is InChI=1S/C15H18O/c1-4-6-8-14(7-5-2)16-15-11-9-13(3)10-12-15/h4-12H,1-3H3/b6-4-,7-5-,14-8+. The molecule has 0 heterocycles. The maximum atomic E-state index is 5.74. The van der Waals surface area contributed by atoms with Gasteiger partial charge in [-0.05, 0) is 45.1 Å². The molecule has 1 nitrogen and oxygen atoms in total. The van der Waals surface area contributed by atoms with Crippen LogP contribution in [0.5, 0.6) is 5.75 Å². The molecule has 84 valence electrons. The third-order valence-electron chi connectivity index (χ3n) is 2.04. The molecule has 0 atom stereocenters. The monoisotopic (exact) mass is 214 g/mol. The Bertz CT molecular complexity index is 394. The average Bonchev–Trinajstić information content (AvgIpc) is 2.29. The molecule has 0 saturated carbocycles. The molecule has 0 amide bonds. The SMILES string of the molecule is C\C=C/C=C(\C=C/C)Oc1ccc(C)cc1. The summed E-state index contributed by atoms with van der Waals surface area (Å²) >= 11 is 0. The Balaban J connectivity index is 2.79. The van der Waals surface area contributed by atoms with Gasteiger partial charge in [0.25, 0.3) is 0 Å². The summed E-state index contributed by atoms with van der Waals surface area (Å²) < 4.78 is 5.74. The normalized spacial score (nSPS) is 12.6. The Labute approximate surface area is 97.8 Å². The van der Waals surface area contributed by atoms with E-state index >= 15 is 0 Å². The molecule has 0 N–H and O–H groups in total.